The van der Waals surface area contributed by atoms with Gasteiger partial charge in [0.25, 0.3) is 0 Å². The molecule has 0 amide bonds. The van der Waals surface area contributed by atoms with Crippen LogP contribution in [0.3, 0.4) is 0 Å². The number of nitrogens with zero attached hydrogens (tertiary/aromatic N) is 2. The zero-order valence-electron chi connectivity index (χ0n) is 10.8. The van der Waals surface area contributed by atoms with E-state index in [1.807, 2.05) is 24.3 Å². The van der Waals surface area contributed by atoms with E-state index in [4.69, 9.17) is 0 Å². The van der Waals surface area contributed by atoms with Crippen LogP contribution >= 0.6 is 0 Å². The van der Waals surface area contributed by atoms with Crippen LogP contribution in [0.1, 0.15) is 5.69 Å². The summed E-state index contributed by atoms with van der Waals surface area (Å²) in [4.78, 5) is 7.62. The van der Waals surface area contributed by atoms with Crippen LogP contribution in [0.15, 0.2) is 49.8 Å². The van der Waals surface area contributed by atoms with Crippen molar-refractivity contribution in [3.05, 3.63) is 55.5 Å². The molecule has 0 fully saturated rings. The number of rotatable bonds is 5. The fourth-order valence-corrected chi connectivity index (χ4v) is 1.95. The van der Waals surface area contributed by atoms with Gasteiger partial charge in [-0.25, -0.2) is 4.98 Å². The van der Waals surface area contributed by atoms with Crippen molar-refractivity contribution in [1.29, 1.82) is 0 Å². The molecule has 3 aromatic rings. The molecule has 6 nitrogen and oxygen atoms in total. The Morgan fingerprint density at radius 1 is 1.30 bits per heavy atom. The molecule has 0 radical (unpaired) electrons. The fraction of sp³-hybridized carbons (Fsp3) is 0. The van der Waals surface area contributed by atoms with Crippen LogP contribution in [0.2, 0.25) is 0 Å². The third kappa shape index (κ3) is 2.14. The first-order valence-corrected chi connectivity index (χ1v) is 6.10. The Hall–Kier alpha value is -3.02. The molecule has 4 N–H and O–H groups in total. The van der Waals surface area contributed by atoms with Crippen molar-refractivity contribution in [1.82, 2.24) is 20.2 Å². The molecule has 3 rings (SSSR count). The van der Waals surface area contributed by atoms with Crippen LogP contribution in [0.5, 0.6) is 0 Å². The molecule has 0 aliphatic carbocycles. The average Bonchev–Trinajstić information content (AvgIpc) is 3.04. The standard InChI is InChI=1S/C14H14N6/c1-3-15-12-8-16-20-13(12)9(2)17-14-18-10-6-4-5-7-11(10)19-14/h3-8,15H,1-2H2,(H,16,20)(H2,17,18,19). The topological polar surface area (TPSA) is 81.4 Å². The van der Waals surface area contributed by atoms with Crippen molar-refractivity contribution in [3.8, 4) is 0 Å². The number of anilines is 2. The lowest BCUT2D eigenvalue weighted by Gasteiger charge is -2.07. The lowest BCUT2D eigenvalue weighted by molar-refractivity contribution is 1.07. The van der Waals surface area contributed by atoms with E-state index in [1.54, 1.807) is 12.4 Å². The van der Waals surface area contributed by atoms with Crippen LogP contribution in [0.4, 0.5) is 11.6 Å². The molecule has 0 saturated heterocycles. The maximum Gasteiger partial charge on any atom is 0.205 e. The minimum Gasteiger partial charge on any atom is -0.359 e. The number of imidazole rings is 1. The van der Waals surface area contributed by atoms with Gasteiger partial charge < -0.3 is 15.6 Å². The first kappa shape index (κ1) is 12.0. The van der Waals surface area contributed by atoms with Crippen molar-refractivity contribution >= 4 is 28.4 Å². The van der Waals surface area contributed by atoms with E-state index < -0.39 is 0 Å². The molecule has 0 unspecified atom stereocenters. The summed E-state index contributed by atoms with van der Waals surface area (Å²) in [6.07, 6.45) is 3.26. The molecule has 0 saturated carbocycles. The molecular formula is C14H14N6. The minimum absolute atomic E-state index is 0.635. The van der Waals surface area contributed by atoms with Gasteiger partial charge in [-0.3, -0.25) is 5.10 Å². The molecule has 0 atom stereocenters. The summed E-state index contributed by atoms with van der Waals surface area (Å²) in [6.45, 7) is 7.62. The van der Waals surface area contributed by atoms with Gasteiger partial charge in [-0.1, -0.05) is 25.3 Å². The van der Waals surface area contributed by atoms with Crippen LogP contribution < -0.4 is 10.6 Å². The second-order valence-electron chi connectivity index (χ2n) is 4.21. The number of aromatic amines is 2. The normalized spacial score (nSPS) is 10.4. The van der Waals surface area contributed by atoms with Gasteiger partial charge in [0.05, 0.1) is 28.6 Å². The molecule has 2 heterocycles. The predicted molar refractivity (Wildman–Crippen MR) is 81.2 cm³/mol. The second kappa shape index (κ2) is 4.93. The predicted octanol–water partition coefficient (Wildman–Crippen LogP) is 2.92. The Bertz CT molecular complexity index is 734. The molecular weight excluding hydrogens is 252 g/mol. The molecule has 1 aromatic carbocycles. The van der Waals surface area contributed by atoms with Gasteiger partial charge in [0.2, 0.25) is 5.95 Å². The maximum atomic E-state index is 4.44. The highest BCUT2D eigenvalue weighted by atomic mass is 15.2. The lowest BCUT2D eigenvalue weighted by Crippen LogP contribution is -2.01. The Balaban J connectivity index is 1.84. The number of para-hydroxylation sites is 2. The summed E-state index contributed by atoms with van der Waals surface area (Å²) in [5, 5.41) is 13.0. The number of aromatic nitrogens is 4. The SMILES string of the molecule is C=CNc1cn[nH]c1C(=C)Nc1nc2ccccc2[nH]1. The molecule has 100 valence electrons. The second-order valence-corrected chi connectivity index (χ2v) is 4.21. The monoisotopic (exact) mass is 266 g/mol. The van der Waals surface area contributed by atoms with E-state index in [-0.39, 0.29) is 0 Å². The van der Waals surface area contributed by atoms with E-state index in [0.717, 1.165) is 22.4 Å². The number of H-pyrrole nitrogens is 2. The Morgan fingerprint density at radius 2 is 2.15 bits per heavy atom. The average molecular weight is 266 g/mol. The van der Waals surface area contributed by atoms with Crippen molar-refractivity contribution in [2.45, 2.75) is 0 Å². The highest BCUT2D eigenvalue weighted by molar-refractivity contribution is 5.82. The summed E-state index contributed by atoms with van der Waals surface area (Å²) < 4.78 is 0. The highest BCUT2D eigenvalue weighted by Crippen LogP contribution is 2.22. The highest BCUT2D eigenvalue weighted by Gasteiger charge is 2.09. The largest absolute Gasteiger partial charge is 0.359 e. The third-order valence-electron chi connectivity index (χ3n) is 2.86. The van der Waals surface area contributed by atoms with Crippen LogP contribution in [0.25, 0.3) is 16.7 Å². The molecule has 2 aromatic heterocycles. The van der Waals surface area contributed by atoms with Crippen LogP contribution in [-0.2, 0) is 0 Å². The first-order valence-electron chi connectivity index (χ1n) is 6.10. The fourth-order valence-electron chi connectivity index (χ4n) is 1.95. The van der Waals surface area contributed by atoms with Crippen molar-refractivity contribution in [3.63, 3.8) is 0 Å². The number of fused-ring (bicyclic) bond motifs is 1. The molecule has 20 heavy (non-hydrogen) atoms. The third-order valence-corrected chi connectivity index (χ3v) is 2.86. The van der Waals surface area contributed by atoms with Crippen LogP contribution in [0, 0.1) is 0 Å². The summed E-state index contributed by atoms with van der Waals surface area (Å²) in [7, 11) is 0. The molecule has 0 bridgehead atoms. The number of benzene rings is 1. The van der Waals surface area contributed by atoms with E-state index in [1.165, 1.54) is 0 Å². The summed E-state index contributed by atoms with van der Waals surface area (Å²) in [6, 6.07) is 7.82. The van der Waals surface area contributed by atoms with Gasteiger partial charge >= 0.3 is 0 Å². The van der Waals surface area contributed by atoms with Gasteiger partial charge in [-0.05, 0) is 18.3 Å². The van der Waals surface area contributed by atoms with Gasteiger partial charge in [-0.15, -0.1) is 0 Å². The van der Waals surface area contributed by atoms with Gasteiger partial charge in [-0.2, -0.15) is 5.10 Å². The van der Waals surface area contributed by atoms with Crippen molar-refractivity contribution in [2.75, 3.05) is 10.6 Å². The summed E-state index contributed by atoms with van der Waals surface area (Å²) >= 11 is 0. The van der Waals surface area contributed by atoms with E-state index >= 15 is 0 Å². The smallest absolute Gasteiger partial charge is 0.205 e. The molecule has 0 aliphatic rings. The Kier molecular flexibility index (Phi) is 2.96. The minimum atomic E-state index is 0.635. The number of hydrogen-bond acceptors (Lipinski definition) is 4. The van der Waals surface area contributed by atoms with Crippen LogP contribution in [-0.4, -0.2) is 20.2 Å². The Labute approximate surface area is 115 Å². The summed E-state index contributed by atoms with van der Waals surface area (Å²) in [5.41, 5.74) is 4.08. The zero-order valence-corrected chi connectivity index (χ0v) is 10.8. The number of nitrogens with one attached hydrogen (secondary N) is 4. The van der Waals surface area contributed by atoms with E-state index in [9.17, 15) is 0 Å². The van der Waals surface area contributed by atoms with Crippen molar-refractivity contribution < 1.29 is 0 Å². The first-order chi connectivity index (χ1) is 9.78. The lowest BCUT2D eigenvalue weighted by atomic mass is 10.3. The molecule has 0 spiro atoms. The number of hydrogen-bond donors (Lipinski definition) is 4. The maximum absolute atomic E-state index is 4.44. The molecule has 6 heteroatoms. The summed E-state index contributed by atoms with van der Waals surface area (Å²) in [5.74, 6) is 0.635. The Morgan fingerprint density at radius 3 is 2.95 bits per heavy atom. The van der Waals surface area contributed by atoms with Gasteiger partial charge in [0.1, 0.15) is 5.69 Å². The van der Waals surface area contributed by atoms with E-state index in [2.05, 4.69) is 44.0 Å². The van der Waals surface area contributed by atoms with E-state index in [0.29, 0.717) is 11.6 Å². The van der Waals surface area contributed by atoms with Crippen molar-refractivity contribution in [2.24, 2.45) is 0 Å². The van der Waals surface area contributed by atoms with Gasteiger partial charge in [0, 0.05) is 0 Å². The zero-order chi connectivity index (χ0) is 13.9. The van der Waals surface area contributed by atoms with Gasteiger partial charge in [0.15, 0.2) is 0 Å². The quantitative estimate of drug-likeness (QED) is 0.572. The molecule has 0 aliphatic heterocycles.